The van der Waals surface area contributed by atoms with Crippen LogP contribution in [0.5, 0.6) is 0 Å². The first kappa shape index (κ1) is 15.9. The van der Waals surface area contributed by atoms with Crippen molar-refractivity contribution < 1.29 is 14.0 Å². The fourth-order valence-corrected chi connectivity index (χ4v) is 3.00. The molecule has 21 heavy (non-hydrogen) atoms. The van der Waals surface area contributed by atoms with Crippen molar-refractivity contribution in [3.63, 3.8) is 0 Å². The molecule has 0 bridgehead atoms. The van der Waals surface area contributed by atoms with Crippen LogP contribution in [0, 0.1) is 11.3 Å². The third-order valence-corrected chi connectivity index (χ3v) is 4.39. The van der Waals surface area contributed by atoms with Crippen molar-refractivity contribution in [2.45, 2.75) is 24.8 Å². The van der Waals surface area contributed by atoms with Crippen LogP contribution < -0.4 is 0 Å². The molecule has 0 aromatic heterocycles. The standard InChI is InChI=1S/C15H14FIN2O2/c16-9-15(10-18,7-3-4-8-17)19-13(20)11-5-1-2-6-12(11)14(19)21/h1-2,5-6H,3-4,7-9H2. The Kier molecular flexibility index (Phi) is 4.93. The van der Waals surface area contributed by atoms with Crippen molar-refractivity contribution in [1.82, 2.24) is 4.90 Å². The molecule has 1 aromatic carbocycles. The molecule has 4 nitrogen and oxygen atoms in total. The van der Waals surface area contributed by atoms with Gasteiger partial charge in [0.15, 0.2) is 5.54 Å². The van der Waals surface area contributed by atoms with Crippen LogP contribution in [0.1, 0.15) is 40.0 Å². The Labute approximate surface area is 136 Å². The zero-order chi connectivity index (χ0) is 15.5. The van der Waals surface area contributed by atoms with Gasteiger partial charge in [-0.05, 0) is 35.8 Å². The van der Waals surface area contributed by atoms with Crippen molar-refractivity contribution in [2.24, 2.45) is 0 Å². The summed E-state index contributed by atoms with van der Waals surface area (Å²) in [6, 6.07) is 8.22. The lowest BCUT2D eigenvalue weighted by Crippen LogP contribution is -2.52. The second-order valence-corrected chi connectivity index (χ2v) is 5.99. The summed E-state index contributed by atoms with van der Waals surface area (Å²) >= 11 is 2.20. The first-order valence-electron chi connectivity index (χ1n) is 6.62. The van der Waals surface area contributed by atoms with Crippen LogP contribution in [0.25, 0.3) is 0 Å². The molecule has 0 radical (unpaired) electrons. The summed E-state index contributed by atoms with van der Waals surface area (Å²) in [6.07, 6.45) is 1.56. The van der Waals surface area contributed by atoms with E-state index in [1.807, 2.05) is 6.07 Å². The Morgan fingerprint density at radius 3 is 2.19 bits per heavy atom. The molecule has 0 N–H and O–H groups in total. The number of alkyl halides is 2. The van der Waals surface area contributed by atoms with Crippen molar-refractivity contribution in [1.29, 1.82) is 5.26 Å². The molecule has 0 saturated carbocycles. The van der Waals surface area contributed by atoms with Gasteiger partial charge in [-0.1, -0.05) is 34.7 Å². The van der Waals surface area contributed by atoms with Crippen LogP contribution >= 0.6 is 22.6 Å². The Morgan fingerprint density at radius 1 is 1.19 bits per heavy atom. The molecule has 0 aliphatic carbocycles. The van der Waals surface area contributed by atoms with E-state index in [0.29, 0.717) is 6.42 Å². The van der Waals surface area contributed by atoms with Gasteiger partial charge in [-0.15, -0.1) is 0 Å². The van der Waals surface area contributed by atoms with Gasteiger partial charge in [-0.25, -0.2) is 4.39 Å². The molecule has 1 atom stereocenters. The molecular weight excluding hydrogens is 386 g/mol. The minimum atomic E-state index is -1.70. The normalized spacial score (nSPS) is 16.5. The SMILES string of the molecule is N#CC(CF)(CCCCI)N1C(=O)c2ccccc2C1=O. The summed E-state index contributed by atoms with van der Waals surface area (Å²) in [5, 5.41) is 9.41. The molecule has 1 unspecified atom stereocenters. The number of carbonyl (C=O) groups is 2. The average molecular weight is 400 g/mol. The number of nitriles is 1. The van der Waals surface area contributed by atoms with E-state index in [4.69, 9.17) is 0 Å². The van der Waals surface area contributed by atoms with Crippen molar-refractivity contribution in [3.05, 3.63) is 35.4 Å². The van der Waals surface area contributed by atoms with Gasteiger partial charge < -0.3 is 0 Å². The molecule has 2 amide bonds. The number of imide groups is 1. The molecule has 0 fully saturated rings. The highest BCUT2D eigenvalue weighted by Gasteiger charge is 2.49. The number of unbranched alkanes of at least 4 members (excludes halogenated alkanes) is 1. The molecule has 2 rings (SSSR count). The van der Waals surface area contributed by atoms with Gasteiger partial charge in [-0.2, -0.15) is 5.26 Å². The molecule has 1 aromatic rings. The van der Waals surface area contributed by atoms with Crippen LogP contribution in [0.3, 0.4) is 0 Å². The summed E-state index contributed by atoms with van der Waals surface area (Å²) in [5.41, 5.74) is -1.21. The van der Waals surface area contributed by atoms with Crippen LogP contribution in [-0.2, 0) is 0 Å². The molecule has 0 spiro atoms. The largest absolute Gasteiger partial charge is 0.269 e. The molecule has 1 heterocycles. The maximum Gasteiger partial charge on any atom is 0.263 e. The predicted molar refractivity (Wildman–Crippen MR) is 84.0 cm³/mol. The lowest BCUT2D eigenvalue weighted by molar-refractivity contribution is 0.0447. The highest BCUT2D eigenvalue weighted by atomic mass is 127. The molecule has 1 aliphatic heterocycles. The third-order valence-electron chi connectivity index (χ3n) is 3.63. The van der Waals surface area contributed by atoms with Crippen molar-refractivity contribution >= 4 is 34.4 Å². The van der Waals surface area contributed by atoms with E-state index in [0.717, 1.165) is 15.7 Å². The summed E-state index contributed by atoms with van der Waals surface area (Å²) < 4.78 is 14.5. The van der Waals surface area contributed by atoms with E-state index in [1.54, 1.807) is 12.1 Å². The Hall–Kier alpha value is -1.49. The Balaban J connectivity index is 2.37. The second kappa shape index (κ2) is 6.52. The van der Waals surface area contributed by atoms with Gasteiger partial charge in [0, 0.05) is 0 Å². The first-order chi connectivity index (χ1) is 10.1. The van der Waals surface area contributed by atoms with Crippen LogP contribution in [0.2, 0.25) is 0 Å². The highest BCUT2D eigenvalue weighted by molar-refractivity contribution is 14.1. The number of nitrogens with zero attached hydrogens (tertiary/aromatic N) is 2. The van der Waals surface area contributed by atoms with Crippen molar-refractivity contribution in [2.75, 3.05) is 11.1 Å². The number of fused-ring (bicyclic) bond motifs is 1. The monoisotopic (exact) mass is 400 g/mol. The van der Waals surface area contributed by atoms with E-state index in [-0.39, 0.29) is 17.5 Å². The summed E-state index contributed by atoms with van der Waals surface area (Å²) in [5.74, 6) is -1.16. The molecular formula is C15H14FIN2O2. The van der Waals surface area contributed by atoms with Gasteiger partial charge in [0.25, 0.3) is 11.8 Å². The fraction of sp³-hybridized carbons (Fsp3) is 0.400. The van der Waals surface area contributed by atoms with Gasteiger partial charge in [0.2, 0.25) is 0 Å². The third kappa shape index (κ3) is 2.67. The maximum absolute atomic E-state index is 13.6. The second-order valence-electron chi connectivity index (χ2n) is 4.91. The van der Waals surface area contributed by atoms with Crippen LogP contribution in [-0.4, -0.2) is 33.4 Å². The average Bonchev–Trinajstić information content (AvgIpc) is 2.78. The van der Waals surface area contributed by atoms with E-state index in [2.05, 4.69) is 22.6 Å². The smallest absolute Gasteiger partial charge is 0.263 e. The zero-order valence-corrected chi connectivity index (χ0v) is 13.5. The lowest BCUT2D eigenvalue weighted by atomic mass is 9.93. The molecule has 0 saturated heterocycles. The van der Waals surface area contributed by atoms with E-state index in [9.17, 15) is 19.2 Å². The predicted octanol–water partition coefficient (Wildman–Crippen LogP) is 3.12. The van der Waals surface area contributed by atoms with Crippen molar-refractivity contribution in [3.8, 4) is 6.07 Å². The number of carbonyl (C=O) groups excluding carboxylic acids is 2. The Bertz CT molecular complexity index is 579. The Morgan fingerprint density at radius 2 is 1.76 bits per heavy atom. The number of hydrogen-bond acceptors (Lipinski definition) is 3. The summed E-state index contributed by atoms with van der Waals surface area (Å²) in [4.78, 5) is 25.6. The molecule has 110 valence electrons. The van der Waals surface area contributed by atoms with Gasteiger partial charge in [0.1, 0.15) is 6.67 Å². The minimum Gasteiger partial charge on any atom is -0.269 e. The maximum atomic E-state index is 13.6. The minimum absolute atomic E-state index is 0.161. The van der Waals surface area contributed by atoms with Crippen LogP contribution in [0.15, 0.2) is 24.3 Å². The number of amides is 2. The number of hydrogen-bond donors (Lipinski definition) is 0. The molecule has 1 aliphatic rings. The molecule has 6 heteroatoms. The highest BCUT2D eigenvalue weighted by Crippen LogP contribution is 2.32. The summed E-state index contributed by atoms with van der Waals surface area (Å²) in [6.45, 7) is -1.05. The fourth-order valence-electron chi connectivity index (χ4n) is 2.46. The van der Waals surface area contributed by atoms with E-state index < -0.39 is 24.0 Å². The van der Waals surface area contributed by atoms with E-state index >= 15 is 0 Å². The van der Waals surface area contributed by atoms with E-state index in [1.165, 1.54) is 12.1 Å². The number of halogens is 2. The number of benzene rings is 1. The zero-order valence-electron chi connectivity index (χ0n) is 11.3. The van der Waals surface area contributed by atoms with Gasteiger partial charge in [0.05, 0.1) is 17.2 Å². The van der Waals surface area contributed by atoms with Gasteiger partial charge >= 0.3 is 0 Å². The number of rotatable bonds is 6. The first-order valence-corrected chi connectivity index (χ1v) is 8.15. The van der Waals surface area contributed by atoms with Gasteiger partial charge in [-0.3, -0.25) is 14.5 Å². The summed E-state index contributed by atoms with van der Waals surface area (Å²) in [7, 11) is 0. The topological polar surface area (TPSA) is 61.2 Å². The lowest BCUT2D eigenvalue weighted by Gasteiger charge is -2.32. The van der Waals surface area contributed by atoms with Crippen LogP contribution in [0.4, 0.5) is 4.39 Å². The quantitative estimate of drug-likeness (QED) is 0.319.